The monoisotopic (exact) mass is 182 g/mol. The van der Waals surface area contributed by atoms with Crippen LogP contribution < -0.4 is 0 Å². The summed E-state index contributed by atoms with van der Waals surface area (Å²) in [6.45, 7) is 0. The average molecular weight is 182 g/mol. The van der Waals surface area contributed by atoms with Crippen LogP contribution in [0.1, 0.15) is 15.9 Å². The molecule has 0 N–H and O–H groups in total. The van der Waals surface area contributed by atoms with Crippen LogP contribution >= 0.6 is 11.8 Å². The van der Waals surface area contributed by atoms with E-state index >= 15 is 0 Å². The molecule has 12 heavy (non-hydrogen) atoms. The van der Waals surface area contributed by atoms with Crippen molar-refractivity contribution in [1.82, 2.24) is 0 Å². The van der Waals surface area contributed by atoms with E-state index in [9.17, 15) is 9.18 Å². The average Bonchev–Trinajstić information content (AvgIpc) is 2.07. The Bertz CT molecular complexity index is 335. The SMILES string of the molecule is O=C1CSCc2ccc(F)cc21. The fraction of sp³-hybridized carbons (Fsp3) is 0.222. The standard InChI is InChI=1S/C9H7FOS/c10-7-2-1-6-4-12-5-9(11)8(6)3-7/h1-3H,4-5H2. The van der Waals surface area contributed by atoms with E-state index in [0.29, 0.717) is 11.3 Å². The summed E-state index contributed by atoms with van der Waals surface area (Å²) in [4.78, 5) is 11.3. The van der Waals surface area contributed by atoms with Crippen molar-refractivity contribution >= 4 is 17.5 Å². The van der Waals surface area contributed by atoms with Crippen LogP contribution in [0.15, 0.2) is 18.2 Å². The van der Waals surface area contributed by atoms with Crippen LogP contribution in [0.3, 0.4) is 0 Å². The number of halogens is 1. The van der Waals surface area contributed by atoms with E-state index in [1.165, 1.54) is 12.1 Å². The van der Waals surface area contributed by atoms with Gasteiger partial charge < -0.3 is 0 Å². The molecule has 0 radical (unpaired) electrons. The van der Waals surface area contributed by atoms with Gasteiger partial charge in [-0.15, -0.1) is 11.8 Å². The first kappa shape index (κ1) is 7.80. The third-order valence-corrected chi connectivity index (χ3v) is 2.84. The second kappa shape index (κ2) is 2.90. The minimum atomic E-state index is -0.325. The van der Waals surface area contributed by atoms with Crippen molar-refractivity contribution in [2.24, 2.45) is 0 Å². The number of carbonyl (C=O) groups is 1. The Morgan fingerprint density at radius 2 is 2.17 bits per heavy atom. The molecule has 62 valence electrons. The molecule has 1 aliphatic heterocycles. The lowest BCUT2D eigenvalue weighted by atomic mass is 10.1. The van der Waals surface area contributed by atoms with Gasteiger partial charge in [-0.3, -0.25) is 4.79 Å². The second-order valence-corrected chi connectivity index (χ2v) is 3.70. The molecule has 0 fully saturated rings. The van der Waals surface area contributed by atoms with Crippen molar-refractivity contribution in [3.05, 3.63) is 35.1 Å². The molecule has 0 atom stereocenters. The first-order chi connectivity index (χ1) is 5.77. The van der Waals surface area contributed by atoms with Gasteiger partial charge in [-0.25, -0.2) is 4.39 Å². The van der Waals surface area contributed by atoms with Gasteiger partial charge in [-0.2, -0.15) is 0 Å². The van der Waals surface area contributed by atoms with Crippen LogP contribution in [0.25, 0.3) is 0 Å². The lowest BCUT2D eigenvalue weighted by Crippen LogP contribution is -2.11. The zero-order valence-corrected chi connectivity index (χ0v) is 7.16. The van der Waals surface area contributed by atoms with Gasteiger partial charge in [0, 0.05) is 11.3 Å². The summed E-state index contributed by atoms with van der Waals surface area (Å²) in [6, 6.07) is 4.42. The molecule has 0 aliphatic carbocycles. The summed E-state index contributed by atoms with van der Waals surface area (Å²) in [5, 5.41) is 0. The lowest BCUT2D eigenvalue weighted by Gasteiger charge is -2.13. The van der Waals surface area contributed by atoms with E-state index < -0.39 is 0 Å². The van der Waals surface area contributed by atoms with E-state index in [1.54, 1.807) is 17.8 Å². The predicted octanol–water partition coefficient (Wildman–Crippen LogP) is 2.26. The maximum absolute atomic E-state index is 12.7. The van der Waals surface area contributed by atoms with E-state index in [1.807, 2.05) is 0 Å². The van der Waals surface area contributed by atoms with Crippen molar-refractivity contribution in [2.45, 2.75) is 5.75 Å². The summed E-state index contributed by atoms with van der Waals surface area (Å²) in [5.41, 5.74) is 1.52. The molecule has 0 amide bonds. The highest BCUT2D eigenvalue weighted by molar-refractivity contribution is 7.99. The Hall–Kier alpha value is -0.830. The Kier molecular flexibility index (Phi) is 1.89. The molecule has 2 rings (SSSR count). The number of benzene rings is 1. The third kappa shape index (κ3) is 1.25. The zero-order chi connectivity index (χ0) is 8.55. The first-order valence-corrected chi connectivity index (χ1v) is 4.82. The topological polar surface area (TPSA) is 17.1 Å². The number of Topliss-reactive ketones (excluding diaryl/α,β-unsaturated/α-hetero) is 1. The summed E-state index contributed by atoms with van der Waals surface area (Å²) in [6.07, 6.45) is 0. The summed E-state index contributed by atoms with van der Waals surface area (Å²) < 4.78 is 12.7. The normalized spacial score (nSPS) is 15.9. The molecular formula is C9H7FOS. The largest absolute Gasteiger partial charge is 0.293 e. The van der Waals surface area contributed by atoms with Gasteiger partial charge in [-0.1, -0.05) is 6.07 Å². The van der Waals surface area contributed by atoms with Gasteiger partial charge in [0.2, 0.25) is 0 Å². The number of ketones is 1. The lowest BCUT2D eigenvalue weighted by molar-refractivity contribution is 0.102. The van der Waals surface area contributed by atoms with Crippen molar-refractivity contribution in [2.75, 3.05) is 5.75 Å². The molecule has 0 spiro atoms. The van der Waals surface area contributed by atoms with Crippen molar-refractivity contribution < 1.29 is 9.18 Å². The van der Waals surface area contributed by atoms with Crippen LogP contribution in [0.2, 0.25) is 0 Å². The summed E-state index contributed by atoms with van der Waals surface area (Å²) >= 11 is 1.58. The molecular weight excluding hydrogens is 175 g/mol. The van der Waals surface area contributed by atoms with Gasteiger partial charge >= 0.3 is 0 Å². The molecule has 1 heterocycles. The van der Waals surface area contributed by atoms with E-state index in [0.717, 1.165) is 11.3 Å². The Morgan fingerprint density at radius 1 is 1.33 bits per heavy atom. The number of fused-ring (bicyclic) bond motifs is 1. The van der Waals surface area contributed by atoms with Gasteiger partial charge in [-0.05, 0) is 17.7 Å². The Labute approximate surface area is 74.0 Å². The highest BCUT2D eigenvalue weighted by atomic mass is 32.2. The first-order valence-electron chi connectivity index (χ1n) is 3.67. The van der Waals surface area contributed by atoms with Gasteiger partial charge in [0.05, 0.1) is 5.75 Å². The van der Waals surface area contributed by atoms with E-state index in [-0.39, 0.29) is 11.6 Å². The van der Waals surface area contributed by atoms with Crippen LogP contribution in [-0.4, -0.2) is 11.5 Å². The van der Waals surface area contributed by atoms with Gasteiger partial charge in [0.15, 0.2) is 5.78 Å². The molecule has 0 unspecified atom stereocenters. The van der Waals surface area contributed by atoms with Gasteiger partial charge in [0.1, 0.15) is 5.82 Å². The maximum Gasteiger partial charge on any atom is 0.173 e. The number of rotatable bonds is 0. The van der Waals surface area contributed by atoms with Crippen molar-refractivity contribution in [3.63, 3.8) is 0 Å². The molecule has 1 aliphatic rings. The van der Waals surface area contributed by atoms with Crippen molar-refractivity contribution in [3.8, 4) is 0 Å². The number of hydrogen-bond donors (Lipinski definition) is 0. The molecule has 1 nitrogen and oxygen atoms in total. The minimum Gasteiger partial charge on any atom is -0.293 e. The fourth-order valence-corrected chi connectivity index (χ4v) is 2.18. The quantitative estimate of drug-likeness (QED) is 0.612. The molecule has 0 saturated heterocycles. The molecule has 0 aromatic heterocycles. The second-order valence-electron chi connectivity index (χ2n) is 2.72. The smallest absolute Gasteiger partial charge is 0.173 e. The Balaban J connectivity index is 2.54. The van der Waals surface area contributed by atoms with E-state index in [4.69, 9.17) is 0 Å². The number of hydrogen-bond acceptors (Lipinski definition) is 2. The zero-order valence-electron chi connectivity index (χ0n) is 6.34. The van der Waals surface area contributed by atoms with Crippen molar-refractivity contribution in [1.29, 1.82) is 0 Å². The number of thioether (sulfide) groups is 1. The van der Waals surface area contributed by atoms with Crippen LogP contribution in [0, 0.1) is 5.82 Å². The Morgan fingerprint density at radius 3 is 3.00 bits per heavy atom. The third-order valence-electron chi connectivity index (χ3n) is 1.86. The van der Waals surface area contributed by atoms with Crippen LogP contribution in [0.5, 0.6) is 0 Å². The molecule has 1 aromatic rings. The van der Waals surface area contributed by atoms with E-state index in [2.05, 4.69) is 0 Å². The maximum atomic E-state index is 12.7. The molecule has 0 saturated carbocycles. The fourth-order valence-electron chi connectivity index (χ4n) is 1.27. The van der Waals surface area contributed by atoms with Gasteiger partial charge in [0.25, 0.3) is 0 Å². The summed E-state index contributed by atoms with van der Waals surface area (Å²) in [7, 11) is 0. The van der Waals surface area contributed by atoms with Crippen LogP contribution in [-0.2, 0) is 5.75 Å². The highest BCUT2D eigenvalue weighted by Crippen LogP contribution is 2.24. The summed E-state index contributed by atoms with van der Waals surface area (Å²) in [5.74, 6) is 1.02. The molecule has 1 aromatic carbocycles. The van der Waals surface area contributed by atoms with Crippen LogP contribution in [0.4, 0.5) is 4.39 Å². The predicted molar refractivity (Wildman–Crippen MR) is 46.9 cm³/mol. The molecule has 3 heteroatoms. The molecule has 0 bridgehead atoms. The minimum absolute atomic E-state index is 0.0424. The highest BCUT2D eigenvalue weighted by Gasteiger charge is 2.17. The number of carbonyl (C=O) groups excluding carboxylic acids is 1.